The van der Waals surface area contributed by atoms with Gasteiger partial charge in [-0.15, -0.1) is 11.8 Å². The third kappa shape index (κ3) is 3.19. The number of aromatic nitrogens is 3. The van der Waals surface area contributed by atoms with Crippen molar-refractivity contribution in [2.75, 3.05) is 17.7 Å². The molecule has 0 aromatic carbocycles. The second-order valence-electron chi connectivity index (χ2n) is 7.35. The summed E-state index contributed by atoms with van der Waals surface area (Å²) >= 11 is 1.45. The Bertz CT molecular complexity index is 874. The number of hydrogen-bond donors (Lipinski definition) is 2. The number of nitrogens with one attached hydrogen (secondary N) is 2. The molecule has 26 heavy (non-hydrogen) atoms. The molecule has 2 aliphatic heterocycles. The zero-order valence-electron chi connectivity index (χ0n) is 14.8. The second kappa shape index (κ2) is 6.59. The van der Waals surface area contributed by atoms with Crippen LogP contribution in [0.15, 0.2) is 29.3 Å². The minimum atomic E-state index is -0.261. The van der Waals surface area contributed by atoms with Crippen molar-refractivity contribution in [3.8, 4) is 0 Å². The Hall–Kier alpha value is -2.06. The van der Waals surface area contributed by atoms with E-state index < -0.39 is 0 Å². The summed E-state index contributed by atoms with van der Waals surface area (Å²) in [6.07, 6.45) is 5.02. The van der Waals surface area contributed by atoms with E-state index in [0.29, 0.717) is 23.7 Å². The van der Waals surface area contributed by atoms with Gasteiger partial charge in [-0.3, -0.25) is 24.4 Å². The molecule has 4 rings (SSSR count). The molecule has 0 radical (unpaired) electrons. The standard InChI is InChI=1S/C18H22N4O3S/c1-18(2)8-12(5-7-25-18)22-16-14(17(24)21-22)15(26-10-13(23)20-16)11-4-3-6-19-9-11/h3-4,6,9,12,15H,5,7-8,10H2,1-2H3,(H,20,23)(H,21,24). The number of pyridine rings is 1. The van der Waals surface area contributed by atoms with Crippen molar-refractivity contribution in [1.29, 1.82) is 0 Å². The van der Waals surface area contributed by atoms with E-state index in [1.807, 2.05) is 30.7 Å². The van der Waals surface area contributed by atoms with Crippen molar-refractivity contribution in [3.05, 3.63) is 46.0 Å². The average molecular weight is 374 g/mol. The molecule has 1 amide bonds. The molecule has 4 heterocycles. The molecule has 2 aromatic heterocycles. The number of carbonyl (C=O) groups is 1. The molecule has 2 aromatic rings. The van der Waals surface area contributed by atoms with Gasteiger partial charge in [-0.25, -0.2) is 0 Å². The third-order valence-corrected chi connectivity index (χ3v) is 6.16. The van der Waals surface area contributed by atoms with Gasteiger partial charge in [0, 0.05) is 19.0 Å². The van der Waals surface area contributed by atoms with E-state index in [4.69, 9.17) is 4.74 Å². The van der Waals surface area contributed by atoms with Gasteiger partial charge in [0.15, 0.2) is 0 Å². The summed E-state index contributed by atoms with van der Waals surface area (Å²) in [5, 5.41) is 5.69. The maximum absolute atomic E-state index is 12.8. The summed E-state index contributed by atoms with van der Waals surface area (Å²) in [7, 11) is 0. The van der Waals surface area contributed by atoms with E-state index in [1.54, 1.807) is 12.4 Å². The highest BCUT2D eigenvalue weighted by Crippen LogP contribution is 2.41. The largest absolute Gasteiger partial charge is 0.375 e. The van der Waals surface area contributed by atoms with Crippen LogP contribution in [0.25, 0.3) is 0 Å². The van der Waals surface area contributed by atoms with Crippen LogP contribution in [0.5, 0.6) is 0 Å². The lowest BCUT2D eigenvalue weighted by atomic mass is 9.94. The third-order valence-electron chi connectivity index (χ3n) is 4.89. The minimum absolute atomic E-state index is 0.0770. The zero-order valence-corrected chi connectivity index (χ0v) is 15.6. The normalized spacial score (nSPS) is 25.2. The molecule has 138 valence electrons. The van der Waals surface area contributed by atoms with Crippen LogP contribution in [0.2, 0.25) is 0 Å². The Labute approximate surface area is 155 Å². The van der Waals surface area contributed by atoms with Crippen molar-refractivity contribution >= 4 is 23.5 Å². The number of thioether (sulfide) groups is 1. The molecule has 1 fully saturated rings. The van der Waals surface area contributed by atoms with E-state index in [9.17, 15) is 9.59 Å². The molecule has 0 aliphatic carbocycles. The van der Waals surface area contributed by atoms with Crippen molar-refractivity contribution in [2.24, 2.45) is 0 Å². The number of hydrogen-bond acceptors (Lipinski definition) is 5. The maximum Gasteiger partial charge on any atom is 0.270 e. The zero-order chi connectivity index (χ0) is 18.3. The molecule has 2 atom stereocenters. The van der Waals surface area contributed by atoms with Gasteiger partial charge in [0.1, 0.15) is 5.82 Å². The quantitative estimate of drug-likeness (QED) is 0.843. The van der Waals surface area contributed by atoms with Crippen LogP contribution in [-0.4, -0.2) is 38.6 Å². The van der Waals surface area contributed by atoms with E-state index in [2.05, 4.69) is 15.4 Å². The highest BCUT2D eigenvalue weighted by atomic mass is 32.2. The van der Waals surface area contributed by atoms with E-state index in [-0.39, 0.29) is 28.4 Å². The fraction of sp³-hybridized carbons (Fsp3) is 0.500. The summed E-state index contributed by atoms with van der Waals surface area (Å²) in [4.78, 5) is 29.3. The topological polar surface area (TPSA) is 89.0 Å². The molecule has 0 bridgehead atoms. The van der Waals surface area contributed by atoms with Crippen molar-refractivity contribution in [2.45, 2.75) is 43.6 Å². The lowest BCUT2D eigenvalue weighted by molar-refractivity contribution is -0.113. The lowest BCUT2D eigenvalue weighted by Gasteiger charge is -2.36. The Balaban J connectivity index is 1.80. The fourth-order valence-electron chi connectivity index (χ4n) is 3.73. The Kier molecular flexibility index (Phi) is 4.40. The molecular formula is C18H22N4O3S. The number of fused-ring (bicyclic) bond motifs is 1. The highest BCUT2D eigenvalue weighted by Gasteiger charge is 2.35. The van der Waals surface area contributed by atoms with Crippen LogP contribution in [0.3, 0.4) is 0 Å². The van der Waals surface area contributed by atoms with Gasteiger partial charge in [-0.1, -0.05) is 6.07 Å². The predicted molar refractivity (Wildman–Crippen MR) is 101 cm³/mol. The van der Waals surface area contributed by atoms with Crippen LogP contribution in [0.4, 0.5) is 5.82 Å². The molecule has 1 saturated heterocycles. The minimum Gasteiger partial charge on any atom is -0.375 e. The van der Waals surface area contributed by atoms with Crippen LogP contribution < -0.4 is 10.9 Å². The molecule has 2 aliphatic rings. The van der Waals surface area contributed by atoms with Crippen LogP contribution >= 0.6 is 11.8 Å². The van der Waals surface area contributed by atoms with Gasteiger partial charge < -0.3 is 10.1 Å². The lowest BCUT2D eigenvalue weighted by Crippen LogP contribution is -2.36. The number of H-pyrrole nitrogens is 1. The Morgan fingerprint density at radius 1 is 1.38 bits per heavy atom. The van der Waals surface area contributed by atoms with Crippen LogP contribution in [0.1, 0.15) is 49.1 Å². The van der Waals surface area contributed by atoms with Gasteiger partial charge >= 0.3 is 0 Å². The molecule has 7 nitrogen and oxygen atoms in total. The molecule has 0 spiro atoms. The number of amides is 1. The summed E-state index contributed by atoms with van der Waals surface area (Å²) in [5.74, 6) is 0.788. The summed E-state index contributed by atoms with van der Waals surface area (Å²) in [5.41, 5.74) is 1.10. The Morgan fingerprint density at radius 3 is 2.96 bits per heavy atom. The Morgan fingerprint density at radius 2 is 2.23 bits per heavy atom. The number of anilines is 1. The monoisotopic (exact) mass is 374 g/mol. The van der Waals surface area contributed by atoms with Crippen LogP contribution in [-0.2, 0) is 9.53 Å². The fourth-order valence-corrected chi connectivity index (χ4v) is 4.84. The highest BCUT2D eigenvalue weighted by molar-refractivity contribution is 8.00. The van der Waals surface area contributed by atoms with Gasteiger partial charge in [-0.2, -0.15) is 0 Å². The number of rotatable bonds is 2. The summed E-state index contributed by atoms with van der Waals surface area (Å²) < 4.78 is 7.64. The summed E-state index contributed by atoms with van der Waals surface area (Å²) in [6.45, 7) is 4.72. The first-order chi connectivity index (χ1) is 12.4. The maximum atomic E-state index is 12.8. The first-order valence-corrected chi connectivity index (χ1v) is 9.79. The number of ether oxygens (including phenoxy) is 1. The van der Waals surface area contributed by atoms with Crippen molar-refractivity contribution in [3.63, 3.8) is 0 Å². The predicted octanol–water partition coefficient (Wildman–Crippen LogP) is 2.48. The number of aromatic amines is 1. The average Bonchev–Trinajstić information content (AvgIpc) is 2.81. The molecule has 2 N–H and O–H groups in total. The smallest absolute Gasteiger partial charge is 0.270 e. The van der Waals surface area contributed by atoms with E-state index >= 15 is 0 Å². The summed E-state index contributed by atoms with van der Waals surface area (Å²) in [6, 6.07) is 3.87. The van der Waals surface area contributed by atoms with Crippen molar-refractivity contribution in [1.82, 2.24) is 14.8 Å². The molecule has 8 heteroatoms. The molecular weight excluding hydrogens is 352 g/mol. The number of carbonyl (C=O) groups excluding carboxylic acids is 1. The first-order valence-electron chi connectivity index (χ1n) is 8.74. The van der Waals surface area contributed by atoms with Crippen LogP contribution in [0, 0.1) is 0 Å². The SMILES string of the molecule is CC1(C)CC(n2[nH]c(=O)c3c2NC(=O)CSC3c2cccnc2)CCO1. The molecule has 2 unspecified atom stereocenters. The van der Waals surface area contributed by atoms with E-state index in [1.165, 1.54) is 11.8 Å². The number of nitrogens with zero attached hydrogens (tertiary/aromatic N) is 2. The van der Waals surface area contributed by atoms with Gasteiger partial charge in [-0.05, 0) is 38.3 Å². The van der Waals surface area contributed by atoms with Gasteiger partial charge in [0.05, 0.1) is 28.2 Å². The van der Waals surface area contributed by atoms with Crippen molar-refractivity contribution < 1.29 is 9.53 Å². The van der Waals surface area contributed by atoms with Gasteiger partial charge in [0.2, 0.25) is 5.91 Å². The first kappa shape index (κ1) is 17.4. The van der Waals surface area contributed by atoms with E-state index in [0.717, 1.165) is 18.4 Å². The second-order valence-corrected chi connectivity index (χ2v) is 8.45. The van der Waals surface area contributed by atoms with Gasteiger partial charge in [0.25, 0.3) is 5.56 Å². The molecule has 0 saturated carbocycles.